The average molecular weight is 321 g/mol. The van der Waals surface area contributed by atoms with E-state index in [4.69, 9.17) is 10.4 Å². The van der Waals surface area contributed by atoms with E-state index in [0.717, 1.165) is 23.1 Å². The smallest absolute Gasteiger partial charge is 0.347 e. The number of benzene rings is 1. The Labute approximate surface area is 127 Å². The maximum Gasteiger partial charge on any atom is 0.347 e. The first-order valence-corrected chi connectivity index (χ1v) is 7.12. The van der Waals surface area contributed by atoms with Crippen molar-refractivity contribution < 1.29 is 14.8 Å². The zero-order valence-electron chi connectivity index (χ0n) is 10.6. The van der Waals surface area contributed by atoms with Crippen LogP contribution in [0.2, 0.25) is 0 Å². The van der Waals surface area contributed by atoms with Gasteiger partial charge < -0.3 is 5.11 Å². The summed E-state index contributed by atoms with van der Waals surface area (Å²) in [6, 6.07) is 5.91. The molecule has 0 bridgehead atoms. The van der Waals surface area contributed by atoms with Crippen LogP contribution in [0.3, 0.4) is 0 Å². The van der Waals surface area contributed by atoms with Crippen molar-refractivity contribution in [2.24, 2.45) is 0 Å². The Hall–Kier alpha value is -2.44. The van der Waals surface area contributed by atoms with Crippen molar-refractivity contribution in [3.05, 3.63) is 44.4 Å². The largest absolute Gasteiger partial charge is 0.477 e. The number of carboxylic acid groups (broad SMARTS) is 1. The van der Waals surface area contributed by atoms with Gasteiger partial charge in [0, 0.05) is 11.0 Å². The molecule has 0 unspecified atom stereocenters. The molecule has 0 aliphatic rings. The van der Waals surface area contributed by atoms with E-state index in [-0.39, 0.29) is 16.1 Å². The van der Waals surface area contributed by atoms with E-state index < -0.39 is 10.9 Å². The Morgan fingerprint density at radius 3 is 2.81 bits per heavy atom. The van der Waals surface area contributed by atoms with Gasteiger partial charge in [-0.05, 0) is 19.1 Å². The highest BCUT2D eigenvalue weighted by molar-refractivity contribution is 8.01. The molecule has 0 atom stereocenters. The number of nitrogens with zero attached hydrogens (tertiary/aromatic N) is 3. The fraction of sp³-hybridized carbons (Fsp3) is 0.0833. The van der Waals surface area contributed by atoms with E-state index in [9.17, 15) is 14.9 Å². The lowest BCUT2D eigenvalue weighted by Crippen LogP contribution is -1.94. The molecule has 0 aliphatic heterocycles. The number of rotatable bonds is 4. The second-order valence-electron chi connectivity index (χ2n) is 3.85. The molecule has 9 heteroatoms. The predicted molar refractivity (Wildman–Crippen MR) is 75.7 cm³/mol. The van der Waals surface area contributed by atoms with Crippen molar-refractivity contribution in [1.82, 2.24) is 4.98 Å². The molecule has 0 amide bonds. The van der Waals surface area contributed by atoms with Gasteiger partial charge in [0.1, 0.15) is 16.5 Å². The number of thiazole rings is 1. The first-order valence-electron chi connectivity index (χ1n) is 5.49. The lowest BCUT2D eigenvalue weighted by atomic mass is 10.2. The molecule has 1 aromatic carbocycles. The number of hydrogen-bond acceptors (Lipinski definition) is 7. The molecule has 7 nitrogen and oxygen atoms in total. The fourth-order valence-corrected chi connectivity index (χ4v) is 3.58. The summed E-state index contributed by atoms with van der Waals surface area (Å²) in [5.74, 6) is -1.04. The number of aromatic carboxylic acids is 1. The quantitative estimate of drug-likeness (QED) is 0.679. The first-order chi connectivity index (χ1) is 9.92. The lowest BCUT2D eigenvalue weighted by Gasteiger charge is -1.99. The molecule has 106 valence electrons. The third kappa shape index (κ3) is 3.18. The Morgan fingerprint density at radius 1 is 1.57 bits per heavy atom. The normalized spacial score (nSPS) is 10.1. The van der Waals surface area contributed by atoms with E-state index in [1.165, 1.54) is 18.2 Å². The number of aromatic nitrogens is 1. The van der Waals surface area contributed by atoms with Crippen LogP contribution in [0.15, 0.2) is 27.4 Å². The summed E-state index contributed by atoms with van der Waals surface area (Å²) in [4.78, 5) is 25.9. The number of carbonyl (C=O) groups is 1. The Balaban J connectivity index is 2.32. The van der Waals surface area contributed by atoms with Gasteiger partial charge in [0.15, 0.2) is 4.34 Å². The molecule has 0 saturated heterocycles. The molecule has 1 aromatic heterocycles. The summed E-state index contributed by atoms with van der Waals surface area (Å²) in [6.45, 7) is 1.60. The van der Waals surface area contributed by atoms with E-state index in [0.29, 0.717) is 14.9 Å². The fourth-order valence-electron chi connectivity index (χ4n) is 1.54. The van der Waals surface area contributed by atoms with E-state index in [1.54, 1.807) is 13.0 Å². The van der Waals surface area contributed by atoms with Gasteiger partial charge in [0.2, 0.25) is 0 Å². The van der Waals surface area contributed by atoms with E-state index >= 15 is 0 Å². The van der Waals surface area contributed by atoms with Crippen LogP contribution < -0.4 is 0 Å². The maximum absolute atomic E-state index is 11.0. The second-order valence-corrected chi connectivity index (χ2v) is 6.17. The van der Waals surface area contributed by atoms with Crippen molar-refractivity contribution in [2.45, 2.75) is 16.2 Å². The Kier molecular flexibility index (Phi) is 4.21. The summed E-state index contributed by atoms with van der Waals surface area (Å²) >= 11 is 2.18. The van der Waals surface area contributed by atoms with Crippen molar-refractivity contribution in [1.29, 1.82) is 5.26 Å². The molecule has 1 N–H and O–H groups in total. The van der Waals surface area contributed by atoms with Crippen molar-refractivity contribution >= 4 is 34.8 Å². The molecular weight excluding hydrogens is 314 g/mol. The van der Waals surface area contributed by atoms with Gasteiger partial charge in [0.05, 0.1) is 10.6 Å². The maximum atomic E-state index is 11.0. The van der Waals surface area contributed by atoms with Crippen LogP contribution in [-0.2, 0) is 0 Å². The van der Waals surface area contributed by atoms with Crippen LogP contribution in [0, 0.1) is 28.4 Å². The molecule has 21 heavy (non-hydrogen) atoms. The van der Waals surface area contributed by atoms with E-state index in [2.05, 4.69) is 4.98 Å². The van der Waals surface area contributed by atoms with Crippen molar-refractivity contribution in [3.8, 4) is 6.07 Å². The number of nitriles is 1. The van der Waals surface area contributed by atoms with Gasteiger partial charge in [-0.15, -0.1) is 11.3 Å². The topological polar surface area (TPSA) is 117 Å². The summed E-state index contributed by atoms with van der Waals surface area (Å²) in [5, 5.41) is 28.6. The van der Waals surface area contributed by atoms with Gasteiger partial charge in [-0.2, -0.15) is 5.26 Å². The third-order valence-corrected chi connectivity index (χ3v) is 4.66. The molecule has 2 rings (SSSR count). The summed E-state index contributed by atoms with van der Waals surface area (Å²) in [5.41, 5.74) is 0.109. The second kappa shape index (κ2) is 5.90. The van der Waals surface area contributed by atoms with Crippen molar-refractivity contribution in [2.75, 3.05) is 0 Å². The van der Waals surface area contributed by atoms with Crippen LogP contribution in [0.5, 0.6) is 0 Å². The molecule has 0 aliphatic carbocycles. The number of aryl methyl sites for hydroxylation is 1. The molecule has 0 saturated carbocycles. The molecular formula is C12H7N3O4S2. The summed E-state index contributed by atoms with van der Waals surface area (Å²) < 4.78 is 0.502. The van der Waals surface area contributed by atoms with Gasteiger partial charge in [-0.25, -0.2) is 9.78 Å². The van der Waals surface area contributed by atoms with E-state index in [1.807, 2.05) is 0 Å². The molecule has 0 spiro atoms. The van der Waals surface area contributed by atoms with Gasteiger partial charge in [-0.3, -0.25) is 10.1 Å². The highest BCUT2D eigenvalue weighted by Gasteiger charge is 2.17. The van der Waals surface area contributed by atoms with Crippen molar-refractivity contribution in [3.63, 3.8) is 0 Å². The minimum atomic E-state index is -1.04. The van der Waals surface area contributed by atoms with Gasteiger partial charge >= 0.3 is 5.97 Å². The molecule has 2 aromatic rings. The Bertz CT molecular complexity index is 779. The number of hydrogen-bond donors (Lipinski definition) is 1. The predicted octanol–water partition coefficient (Wildman–Crippen LogP) is 3.08. The lowest BCUT2D eigenvalue weighted by molar-refractivity contribution is -0.385. The van der Waals surface area contributed by atoms with Crippen LogP contribution in [0.1, 0.15) is 20.9 Å². The standard InChI is InChI=1S/C12H7N3O4S2/c1-6-10(11(16)17)21-12(14-6)20-8-2-3-9(15(18)19)7(4-8)5-13/h2-4H,1H3,(H,16,17). The van der Waals surface area contributed by atoms with Gasteiger partial charge in [0.25, 0.3) is 5.69 Å². The summed E-state index contributed by atoms with van der Waals surface area (Å²) in [6.07, 6.45) is 0. The number of carboxylic acids is 1. The van der Waals surface area contributed by atoms with Crippen LogP contribution >= 0.6 is 23.1 Å². The Morgan fingerprint density at radius 2 is 2.29 bits per heavy atom. The zero-order valence-corrected chi connectivity index (χ0v) is 12.2. The molecule has 0 fully saturated rings. The molecule has 1 heterocycles. The minimum Gasteiger partial charge on any atom is -0.477 e. The third-order valence-electron chi connectivity index (χ3n) is 2.46. The SMILES string of the molecule is Cc1nc(Sc2ccc([N+](=O)[O-])c(C#N)c2)sc1C(=O)O. The molecule has 0 radical (unpaired) electrons. The van der Waals surface area contributed by atoms with Crippen LogP contribution in [0.4, 0.5) is 5.69 Å². The summed E-state index contributed by atoms with van der Waals surface area (Å²) in [7, 11) is 0. The highest BCUT2D eigenvalue weighted by Crippen LogP contribution is 2.34. The zero-order chi connectivity index (χ0) is 15.6. The van der Waals surface area contributed by atoms with Crippen LogP contribution in [0.25, 0.3) is 0 Å². The highest BCUT2D eigenvalue weighted by atomic mass is 32.2. The van der Waals surface area contributed by atoms with Crippen LogP contribution in [-0.4, -0.2) is 21.0 Å². The average Bonchev–Trinajstić information content (AvgIpc) is 2.79. The number of nitro groups is 1. The minimum absolute atomic E-state index is 0.0447. The monoisotopic (exact) mass is 321 g/mol. The van der Waals surface area contributed by atoms with Gasteiger partial charge in [-0.1, -0.05) is 11.8 Å². The number of nitro benzene ring substituents is 1. The first kappa shape index (κ1) is 15.0.